The van der Waals surface area contributed by atoms with Gasteiger partial charge in [0.05, 0.1) is 11.6 Å². The number of benzene rings is 4. The summed E-state index contributed by atoms with van der Waals surface area (Å²) >= 11 is 0. The summed E-state index contributed by atoms with van der Waals surface area (Å²) in [7, 11) is -3.16. The minimum Gasteiger partial charge on any atom is -0.472 e. The molecule has 7 rings (SSSR count). The third-order valence-corrected chi connectivity index (χ3v) is 10.3. The standard InChI is InChI=1S/C30H20BO2P/c32-34(22-18-19-33-20-22)27-16-8-5-13-24(27)29-23-12-4-7-15-26(23)31(21-10-2-1-3-11-21)30(29)25-14-6-9-17-28(25)34/h1-20H. The molecule has 160 valence electrons. The maximum absolute atomic E-state index is 15.3. The molecule has 0 spiro atoms. The lowest BCUT2D eigenvalue weighted by Crippen LogP contribution is -2.42. The van der Waals surface area contributed by atoms with Crippen LogP contribution in [0.15, 0.2) is 126 Å². The van der Waals surface area contributed by atoms with Gasteiger partial charge in [-0.15, -0.1) is 0 Å². The summed E-state index contributed by atoms with van der Waals surface area (Å²) in [6, 6.07) is 37.6. The van der Waals surface area contributed by atoms with Gasteiger partial charge in [0.1, 0.15) is 6.26 Å². The van der Waals surface area contributed by atoms with Crippen LogP contribution in [0.4, 0.5) is 0 Å². The van der Waals surface area contributed by atoms with Crippen LogP contribution in [0.1, 0.15) is 16.7 Å². The lowest BCUT2D eigenvalue weighted by atomic mass is 9.37. The SMILES string of the molecule is O=P1(c2ccoc2)c2ccccc2C2=C(c3ccccc3B2c2ccccc2)c2ccccc21. The largest absolute Gasteiger partial charge is 0.472 e. The van der Waals surface area contributed by atoms with Crippen LogP contribution >= 0.6 is 7.14 Å². The van der Waals surface area contributed by atoms with Gasteiger partial charge in [-0.05, 0) is 28.3 Å². The molecule has 34 heavy (non-hydrogen) atoms. The highest BCUT2D eigenvalue weighted by atomic mass is 31.2. The van der Waals surface area contributed by atoms with Crippen molar-refractivity contribution in [2.24, 2.45) is 0 Å². The van der Waals surface area contributed by atoms with Crippen molar-refractivity contribution in [1.82, 2.24) is 0 Å². The summed E-state index contributed by atoms with van der Waals surface area (Å²) in [6.07, 6.45) is 3.27. The Balaban J connectivity index is 1.67. The molecule has 1 aromatic heterocycles. The van der Waals surface area contributed by atoms with Crippen LogP contribution < -0.4 is 26.8 Å². The van der Waals surface area contributed by atoms with Crippen molar-refractivity contribution < 1.29 is 8.98 Å². The summed E-state index contributed by atoms with van der Waals surface area (Å²) in [5, 5.41) is 2.48. The Labute approximate surface area is 199 Å². The van der Waals surface area contributed by atoms with E-state index in [9.17, 15) is 0 Å². The molecule has 0 aliphatic carbocycles. The van der Waals surface area contributed by atoms with E-state index in [1.165, 1.54) is 27.5 Å². The lowest BCUT2D eigenvalue weighted by molar-refractivity contribution is 0.567. The van der Waals surface area contributed by atoms with E-state index < -0.39 is 7.14 Å². The molecule has 2 aliphatic heterocycles. The Bertz CT molecular complexity index is 1630. The molecule has 2 aliphatic rings. The van der Waals surface area contributed by atoms with E-state index in [1.807, 2.05) is 30.3 Å². The molecule has 4 aromatic carbocycles. The van der Waals surface area contributed by atoms with Gasteiger partial charge in [0, 0.05) is 10.6 Å². The van der Waals surface area contributed by atoms with Crippen molar-refractivity contribution in [3.63, 3.8) is 0 Å². The van der Waals surface area contributed by atoms with E-state index in [2.05, 4.69) is 78.9 Å². The van der Waals surface area contributed by atoms with Crippen LogP contribution in [0.25, 0.3) is 11.0 Å². The summed E-state index contributed by atoms with van der Waals surface area (Å²) in [6.45, 7) is 0.0671. The molecule has 3 heterocycles. The predicted molar refractivity (Wildman–Crippen MR) is 142 cm³/mol. The highest BCUT2D eigenvalue weighted by Crippen LogP contribution is 2.52. The molecule has 0 saturated heterocycles. The minimum atomic E-state index is -3.16. The first-order valence-electron chi connectivity index (χ1n) is 11.5. The van der Waals surface area contributed by atoms with E-state index in [4.69, 9.17) is 4.42 Å². The molecule has 1 atom stereocenters. The first kappa shape index (κ1) is 19.6. The minimum absolute atomic E-state index is 0.0671. The zero-order valence-electron chi connectivity index (χ0n) is 18.4. The number of hydrogen-bond donors (Lipinski definition) is 0. The molecule has 4 heteroatoms. The van der Waals surface area contributed by atoms with Crippen molar-refractivity contribution >= 4 is 51.7 Å². The fourth-order valence-corrected chi connectivity index (χ4v) is 8.72. The average Bonchev–Trinajstić information content (AvgIpc) is 3.54. The molecule has 0 amide bonds. The van der Waals surface area contributed by atoms with Gasteiger partial charge < -0.3 is 8.98 Å². The van der Waals surface area contributed by atoms with Gasteiger partial charge in [0.15, 0.2) is 7.14 Å². The number of hydrogen-bond acceptors (Lipinski definition) is 2. The zero-order valence-corrected chi connectivity index (χ0v) is 19.3. The van der Waals surface area contributed by atoms with Gasteiger partial charge in [-0.1, -0.05) is 120 Å². The van der Waals surface area contributed by atoms with Gasteiger partial charge in [-0.2, -0.15) is 0 Å². The predicted octanol–water partition coefficient (Wildman–Crippen LogP) is 4.35. The molecule has 0 bridgehead atoms. The van der Waals surface area contributed by atoms with Crippen molar-refractivity contribution in [1.29, 1.82) is 0 Å². The van der Waals surface area contributed by atoms with Gasteiger partial charge in [0.25, 0.3) is 0 Å². The Morgan fingerprint density at radius 1 is 0.618 bits per heavy atom. The van der Waals surface area contributed by atoms with Gasteiger partial charge in [-0.3, -0.25) is 0 Å². The smallest absolute Gasteiger partial charge is 0.243 e. The molecular formula is C30H20BO2P. The Hall–Kier alpha value is -3.81. The van der Waals surface area contributed by atoms with E-state index in [0.717, 1.165) is 27.0 Å². The summed E-state index contributed by atoms with van der Waals surface area (Å²) < 4.78 is 20.7. The molecule has 1 unspecified atom stereocenters. The summed E-state index contributed by atoms with van der Waals surface area (Å²) in [5.74, 6) is 0. The third-order valence-electron chi connectivity index (χ3n) is 7.15. The zero-order chi connectivity index (χ0) is 22.7. The van der Waals surface area contributed by atoms with Crippen molar-refractivity contribution in [2.45, 2.75) is 0 Å². The molecule has 0 fully saturated rings. The second-order valence-electron chi connectivity index (χ2n) is 8.84. The Morgan fingerprint density at radius 2 is 1.24 bits per heavy atom. The number of fused-ring (bicyclic) bond motifs is 6. The highest BCUT2D eigenvalue weighted by Gasteiger charge is 2.45. The van der Waals surface area contributed by atoms with E-state index in [0.29, 0.717) is 0 Å². The van der Waals surface area contributed by atoms with Crippen LogP contribution in [-0.4, -0.2) is 6.71 Å². The van der Waals surface area contributed by atoms with E-state index in [-0.39, 0.29) is 6.71 Å². The van der Waals surface area contributed by atoms with Crippen molar-refractivity contribution in [3.8, 4) is 0 Å². The Morgan fingerprint density at radius 3 is 1.97 bits per heavy atom. The lowest BCUT2D eigenvalue weighted by Gasteiger charge is -2.23. The summed E-state index contributed by atoms with van der Waals surface area (Å²) in [5.41, 5.74) is 8.28. The van der Waals surface area contributed by atoms with Crippen LogP contribution in [0.3, 0.4) is 0 Å². The molecule has 0 saturated carbocycles. The average molecular weight is 454 g/mol. The molecule has 0 N–H and O–H groups in total. The van der Waals surface area contributed by atoms with Crippen LogP contribution in [0.5, 0.6) is 0 Å². The molecular weight excluding hydrogens is 434 g/mol. The van der Waals surface area contributed by atoms with Gasteiger partial charge >= 0.3 is 0 Å². The van der Waals surface area contributed by atoms with Crippen LogP contribution in [0, 0.1) is 0 Å². The molecule has 2 nitrogen and oxygen atoms in total. The number of furan rings is 1. The van der Waals surface area contributed by atoms with Crippen molar-refractivity contribution in [2.75, 3.05) is 0 Å². The quantitative estimate of drug-likeness (QED) is 0.293. The van der Waals surface area contributed by atoms with E-state index >= 15 is 4.57 Å². The first-order chi connectivity index (χ1) is 16.8. The van der Waals surface area contributed by atoms with Crippen molar-refractivity contribution in [3.05, 3.63) is 138 Å². The maximum Gasteiger partial charge on any atom is 0.243 e. The first-order valence-corrected chi connectivity index (χ1v) is 13.2. The van der Waals surface area contributed by atoms with Gasteiger partial charge in [-0.25, -0.2) is 0 Å². The maximum atomic E-state index is 15.3. The molecule has 5 aromatic rings. The highest BCUT2D eigenvalue weighted by molar-refractivity contribution is 7.85. The fraction of sp³-hybridized carbons (Fsp3) is 0. The number of rotatable bonds is 2. The summed E-state index contributed by atoms with van der Waals surface area (Å²) in [4.78, 5) is 0. The Kier molecular flexibility index (Phi) is 4.25. The van der Waals surface area contributed by atoms with Crippen LogP contribution in [0.2, 0.25) is 0 Å². The monoisotopic (exact) mass is 454 g/mol. The third kappa shape index (κ3) is 2.56. The van der Waals surface area contributed by atoms with E-state index in [1.54, 1.807) is 12.5 Å². The molecule has 0 radical (unpaired) electrons. The normalized spacial score (nSPS) is 18.1. The second kappa shape index (κ2) is 7.35. The van der Waals surface area contributed by atoms with Gasteiger partial charge in [0.2, 0.25) is 6.71 Å². The second-order valence-corrected chi connectivity index (χ2v) is 11.5. The van der Waals surface area contributed by atoms with Crippen LogP contribution in [-0.2, 0) is 4.57 Å². The fourth-order valence-electron chi connectivity index (χ4n) is 5.77. The topological polar surface area (TPSA) is 30.2 Å².